The molecule has 2 aromatic rings. The number of aliphatic carboxylic acids is 1. The number of amides is 1. The van der Waals surface area contributed by atoms with Gasteiger partial charge in [-0.15, -0.1) is 0 Å². The summed E-state index contributed by atoms with van der Waals surface area (Å²) >= 11 is 0. The zero-order chi connectivity index (χ0) is 29.2. The van der Waals surface area contributed by atoms with Crippen molar-refractivity contribution >= 4 is 11.9 Å². The van der Waals surface area contributed by atoms with Crippen LogP contribution in [0.4, 0.5) is 17.6 Å². The van der Waals surface area contributed by atoms with Gasteiger partial charge in [0.05, 0.1) is 35.6 Å². The highest BCUT2D eigenvalue weighted by Crippen LogP contribution is 2.38. The first-order chi connectivity index (χ1) is 18.7. The molecule has 0 spiro atoms. The Bertz CT molecular complexity index is 1210. The predicted molar refractivity (Wildman–Crippen MR) is 137 cm³/mol. The number of alkyl halides is 3. The summed E-state index contributed by atoms with van der Waals surface area (Å²) in [6.07, 6.45) is -2.39. The highest BCUT2D eigenvalue weighted by molar-refractivity contribution is 5.97. The minimum absolute atomic E-state index is 0.0323. The molecule has 2 fully saturated rings. The van der Waals surface area contributed by atoms with Crippen LogP contribution < -0.4 is 4.74 Å². The second-order valence-electron chi connectivity index (χ2n) is 11.2. The van der Waals surface area contributed by atoms with Gasteiger partial charge in [0.1, 0.15) is 17.6 Å². The molecule has 12 heteroatoms. The number of carboxylic acid groups (broad SMARTS) is 1. The molecule has 2 aliphatic rings. The number of halogens is 4. The number of carboxylic acids is 1. The van der Waals surface area contributed by atoms with Gasteiger partial charge in [-0.1, -0.05) is 6.07 Å². The first-order valence-electron chi connectivity index (χ1n) is 13.1. The number of hydrogen-bond donors (Lipinski definition) is 2. The van der Waals surface area contributed by atoms with Crippen molar-refractivity contribution in [3.8, 4) is 17.0 Å². The molecule has 4 rings (SSSR count). The second kappa shape index (κ2) is 11.7. The molecule has 0 unspecified atom stereocenters. The van der Waals surface area contributed by atoms with Crippen molar-refractivity contribution in [1.82, 2.24) is 14.8 Å². The first-order valence-corrected chi connectivity index (χ1v) is 13.1. The Morgan fingerprint density at radius 3 is 2.40 bits per heavy atom. The number of rotatable bonds is 8. The standard InChI is InChI=1S/C28H33F4N3O5/c1-27(2,28(30,31)32)16-34-9-7-17(8-10-34)15-40-20-4-6-23(33-13-20)18-3-5-21(22(29)11-18)25(37)35-14-19(36)12-24(35)26(38)39/h3-6,11,13,17,19,24,36H,7-10,12,14-16H2,1-2H3,(H,38,39)/t19-,24+/m1/s1. The van der Waals surface area contributed by atoms with Crippen LogP contribution in [0.2, 0.25) is 0 Å². The van der Waals surface area contributed by atoms with Gasteiger partial charge in [0.25, 0.3) is 5.91 Å². The minimum Gasteiger partial charge on any atom is -0.492 e. The van der Waals surface area contributed by atoms with Crippen molar-refractivity contribution in [3.05, 3.63) is 47.9 Å². The molecule has 8 nitrogen and oxygen atoms in total. The third kappa shape index (κ3) is 6.72. The summed E-state index contributed by atoms with van der Waals surface area (Å²) in [7, 11) is 0. The molecular weight excluding hydrogens is 534 g/mol. The van der Waals surface area contributed by atoms with E-state index in [1.165, 1.54) is 32.2 Å². The van der Waals surface area contributed by atoms with Crippen LogP contribution in [0.1, 0.15) is 43.5 Å². The summed E-state index contributed by atoms with van der Waals surface area (Å²) in [5, 5.41) is 19.1. The number of aromatic nitrogens is 1. The van der Waals surface area contributed by atoms with Crippen molar-refractivity contribution in [2.24, 2.45) is 11.3 Å². The summed E-state index contributed by atoms with van der Waals surface area (Å²) in [4.78, 5) is 31.3. The van der Waals surface area contributed by atoms with E-state index >= 15 is 0 Å². The quantitative estimate of drug-likeness (QED) is 0.461. The summed E-state index contributed by atoms with van der Waals surface area (Å²) < 4.78 is 60.2. The van der Waals surface area contributed by atoms with Crippen LogP contribution in [0, 0.1) is 17.2 Å². The maximum atomic E-state index is 14.9. The van der Waals surface area contributed by atoms with Crippen LogP contribution in [0.5, 0.6) is 5.75 Å². The molecule has 2 aliphatic heterocycles. The lowest BCUT2D eigenvalue weighted by Gasteiger charge is -2.38. The van der Waals surface area contributed by atoms with Gasteiger partial charge in [0.15, 0.2) is 0 Å². The molecule has 1 aromatic heterocycles. The predicted octanol–water partition coefficient (Wildman–Crippen LogP) is 4.23. The molecule has 0 saturated carbocycles. The first kappa shape index (κ1) is 29.7. The molecule has 40 heavy (non-hydrogen) atoms. The Hall–Kier alpha value is -3.25. The van der Waals surface area contributed by atoms with Crippen molar-refractivity contribution < 1.29 is 42.1 Å². The van der Waals surface area contributed by atoms with Crippen molar-refractivity contribution in [3.63, 3.8) is 0 Å². The average molecular weight is 568 g/mol. The van der Waals surface area contributed by atoms with Crippen molar-refractivity contribution in [2.45, 2.75) is 51.4 Å². The number of pyridine rings is 1. The lowest BCUT2D eigenvalue weighted by Crippen LogP contribution is -2.46. The number of nitrogens with zero attached hydrogens (tertiary/aromatic N) is 3. The number of aliphatic hydroxyl groups excluding tert-OH is 1. The fourth-order valence-corrected chi connectivity index (χ4v) is 5.09. The van der Waals surface area contributed by atoms with E-state index in [4.69, 9.17) is 4.74 Å². The molecule has 0 aliphatic carbocycles. The largest absolute Gasteiger partial charge is 0.492 e. The number of piperidine rings is 1. The highest BCUT2D eigenvalue weighted by Gasteiger charge is 2.48. The maximum Gasteiger partial charge on any atom is 0.395 e. The Morgan fingerprint density at radius 2 is 1.82 bits per heavy atom. The molecule has 0 bridgehead atoms. The molecule has 0 radical (unpaired) electrons. The fraction of sp³-hybridized carbons (Fsp3) is 0.536. The molecular formula is C28H33F4N3O5. The molecule has 1 aromatic carbocycles. The molecule has 218 valence electrons. The SMILES string of the molecule is CC(C)(CN1CCC(COc2ccc(-c3ccc(C(=O)N4C[C@H](O)C[C@H]4C(=O)O)c(F)c3)nc2)CC1)C(F)(F)F. The van der Waals surface area contributed by atoms with Crippen molar-refractivity contribution in [1.29, 1.82) is 0 Å². The molecule has 2 N–H and O–H groups in total. The van der Waals surface area contributed by atoms with Crippen LogP contribution in [-0.2, 0) is 4.79 Å². The van der Waals surface area contributed by atoms with Crippen LogP contribution in [0.3, 0.4) is 0 Å². The van der Waals surface area contributed by atoms with E-state index in [1.807, 2.05) is 4.90 Å². The molecule has 2 atom stereocenters. The van der Waals surface area contributed by atoms with Gasteiger partial charge in [0.2, 0.25) is 0 Å². The zero-order valence-electron chi connectivity index (χ0n) is 22.3. The van der Waals surface area contributed by atoms with Gasteiger partial charge < -0.3 is 24.7 Å². The maximum absolute atomic E-state index is 14.9. The zero-order valence-corrected chi connectivity index (χ0v) is 22.3. The van der Waals surface area contributed by atoms with Crippen LogP contribution in [-0.4, -0.2) is 88.0 Å². The second-order valence-corrected chi connectivity index (χ2v) is 11.2. The van der Waals surface area contributed by atoms with E-state index in [1.54, 1.807) is 12.1 Å². The van der Waals surface area contributed by atoms with Crippen molar-refractivity contribution in [2.75, 3.05) is 32.8 Å². The Balaban J connectivity index is 1.30. The normalized spacial score (nSPS) is 21.0. The van der Waals surface area contributed by atoms with Gasteiger partial charge in [-0.3, -0.25) is 9.78 Å². The van der Waals surface area contributed by atoms with Crippen LogP contribution in [0.15, 0.2) is 36.5 Å². The molecule has 3 heterocycles. The van der Waals surface area contributed by atoms with Crippen LogP contribution >= 0.6 is 0 Å². The summed E-state index contributed by atoms with van der Waals surface area (Å²) in [6.45, 7) is 3.78. The van der Waals surface area contributed by atoms with Gasteiger partial charge in [-0.2, -0.15) is 13.2 Å². The Morgan fingerprint density at radius 1 is 1.12 bits per heavy atom. The van der Waals surface area contributed by atoms with Gasteiger partial charge in [-0.05, 0) is 70.0 Å². The van der Waals surface area contributed by atoms with E-state index in [-0.39, 0.29) is 31.0 Å². The van der Waals surface area contributed by atoms with E-state index in [2.05, 4.69) is 4.98 Å². The van der Waals surface area contributed by atoms with E-state index in [0.29, 0.717) is 36.7 Å². The number of aliphatic hydroxyl groups is 1. The van der Waals surface area contributed by atoms with Gasteiger partial charge in [0, 0.05) is 25.1 Å². The Labute approximate surface area is 229 Å². The number of benzene rings is 1. The molecule has 2 saturated heterocycles. The third-order valence-electron chi connectivity index (χ3n) is 7.64. The average Bonchev–Trinajstić information content (AvgIpc) is 3.29. The Kier molecular flexibility index (Phi) is 8.69. The van der Waals surface area contributed by atoms with Gasteiger partial charge in [-0.25, -0.2) is 9.18 Å². The monoisotopic (exact) mass is 567 g/mol. The van der Waals surface area contributed by atoms with E-state index in [0.717, 1.165) is 23.8 Å². The number of ether oxygens (including phenoxy) is 1. The minimum atomic E-state index is -4.25. The number of likely N-dealkylation sites (tertiary alicyclic amines) is 2. The smallest absolute Gasteiger partial charge is 0.395 e. The number of β-amino-alcohol motifs (C(OH)–C–C–N with tert-alkyl or cyclic N) is 1. The summed E-state index contributed by atoms with van der Waals surface area (Å²) in [5.41, 5.74) is -1.21. The van der Waals surface area contributed by atoms with E-state index in [9.17, 15) is 37.4 Å². The fourth-order valence-electron chi connectivity index (χ4n) is 5.09. The number of carbonyl (C=O) groups is 2. The number of carbonyl (C=O) groups excluding carboxylic acids is 1. The van der Waals surface area contributed by atoms with E-state index < -0.39 is 41.4 Å². The summed E-state index contributed by atoms with van der Waals surface area (Å²) in [6, 6.07) is 6.03. The topological polar surface area (TPSA) is 103 Å². The van der Waals surface area contributed by atoms with Crippen LogP contribution in [0.25, 0.3) is 11.3 Å². The highest BCUT2D eigenvalue weighted by atomic mass is 19.4. The number of hydrogen-bond acceptors (Lipinski definition) is 6. The molecule has 1 amide bonds. The third-order valence-corrected chi connectivity index (χ3v) is 7.64. The summed E-state index contributed by atoms with van der Waals surface area (Å²) in [5.74, 6) is -2.19. The lowest BCUT2D eigenvalue weighted by molar-refractivity contribution is -0.217. The van der Waals surface area contributed by atoms with Gasteiger partial charge >= 0.3 is 12.1 Å². The lowest BCUT2D eigenvalue weighted by atomic mass is 9.89.